The summed E-state index contributed by atoms with van der Waals surface area (Å²) in [5.74, 6) is -0.203. The van der Waals surface area contributed by atoms with Crippen molar-refractivity contribution in [3.63, 3.8) is 0 Å². The van der Waals surface area contributed by atoms with Gasteiger partial charge in [0, 0.05) is 17.6 Å². The van der Waals surface area contributed by atoms with Gasteiger partial charge in [0.2, 0.25) is 5.76 Å². The number of benzene rings is 2. The molecule has 144 valence electrons. The van der Waals surface area contributed by atoms with Crippen LogP contribution in [0.5, 0.6) is 0 Å². The van der Waals surface area contributed by atoms with Crippen LogP contribution in [0.15, 0.2) is 50.1 Å². The average molecular weight is 442 g/mol. The molecule has 0 aliphatic carbocycles. The number of hydrogen-bond acceptors (Lipinski definition) is 4. The van der Waals surface area contributed by atoms with Crippen molar-refractivity contribution in [2.24, 2.45) is 0 Å². The Balaban J connectivity index is 2.00. The Morgan fingerprint density at radius 2 is 1.86 bits per heavy atom. The van der Waals surface area contributed by atoms with Crippen molar-refractivity contribution < 1.29 is 14.3 Å². The first-order chi connectivity index (χ1) is 13.4. The first kappa shape index (κ1) is 18.9. The van der Waals surface area contributed by atoms with E-state index < -0.39 is 6.04 Å². The van der Waals surface area contributed by atoms with E-state index in [2.05, 4.69) is 15.9 Å². The molecule has 28 heavy (non-hydrogen) atoms. The molecule has 0 saturated heterocycles. The normalized spacial score (nSPS) is 16.1. The van der Waals surface area contributed by atoms with Crippen LogP contribution in [0.4, 0.5) is 0 Å². The lowest BCUT2D eigenvalue weighted by molar-refractivity contribution is 0.0716. The van der Waals surface area contributed by atoms with Crippen molar-refractivity contribution in [1.82, 2.24) is 4.90 Å². The predicted octanol–water partition coefficient (Wildman–Crippen LogP) is 4.10. The molecule has 1 atom stereocenters. The SMILES string of the molecule is Cc1cc(C)c2oc3c(c(=O)c2c1)[C@H](c1ccc(Br)cc1)N(CCCO)C3=O. The third-order valence-electron chi connectivity index (χ3n) is 5.14. The largest absolute Gasteiger partial charge is 0.450 e. The first-order valence-electron chi connectivity index (χ1n) is 9.17. The van der Waals surface area contributed by atoms with Crippen LogP contribution >= 0.6 is 15.9 Å². The summed E-state index contributed by atoms with van der Waals surface area (Å²) in [6, 6.07) is 10.8. The van der Waals surface area contributed by atoms with Gasteiger partial charge in [-0.1, -0.05) is 34.1 Å². The number of amides is 1. The van der Waals surface area contributed by atoms with Crippen LogP contribution in [0.2, 0.25) is 0 Å². The van der Waals surface area contributed by atoms with Crippen molar-refractivity contribution >= 4 is 32.8 Å². The molecule has 0 fully saturated rings. The van der Waals surface area contributed by atoms with E-state index in [4.69, 9.17) is 4.42 Å². The van der Waals surface area contributed by atoms with E-state index >= 15 is 0 Å². The zero-order chi connectivity index (χ0) is 20.0. The molecule has 0 bridgehead atoms. The molecule has 3 aromatic rings. The molecule has 5 nitrogen and oxygen atoms in total. The molecular formula is C22H20BrNO4. The molecule has 1 N–H and O–H groups in total. The van der Waals surface area contributed by atoms with Crippen molar-refractivity contribution in [3.05, 3.63) is 79.1 Å². The molecule has 6 heteroatoms. The van der Waals surface area contributed by atoms with Crippen LogP contribution in [-0.4, -0.2) is 29.1 Å². The number of aryl methyl sites for hydroxylation is 2. The fraction of sp³-hybridized carbons (Fsp3) is 0.273. The summed E-state index contributed by atoms with van der Waals surface area (Å²) in [7, 11) is 0. The first-order valence-corrected chi connectivity index (χ1v) is 9.97. The van der Waals surface area contributed by atoms with E-state index in [1.807, 2.05) is 50.2 Å². The van der Waals surface area contributed by atoms with Gasteiger partial charge in [0.25, 0.3) is 5.91 Å². The van der Waals surface area contributed by atoms with Crippen LogP contribution < -0.4 is 5.43 Å². The van der Waals surface area contributed by atoms with Crippen molar-refractivity contribution in [3.8, 4) is 0 Å². The monoisotopic (exact) mass is 441 g/mol. The second-order valence-electron chi connectivity index (χ2n) is 7.16. The standard InChI is InChI=1S/C22H20BrNO4/c1-12-10-13(2)20-16(11-12)19(26)17-18(14-4-6-15(23)7-5-14)24(8-3-9-25)22(27)21(17)28-20/h4-7,10-11,18,25H,3,8-9H2,1-2H3/t18-/m0/s1. The summed E-state index contributed by atoms with van der Waals surface area (Å²) in [6.07, 6.45) is 0.429. The van der Waals surface area contributed by atoms with Gasteiger partial charge in [-0.25, -0.2) is 0 Å². The van der Waals surface area contributed by atoms with E-state index in [0.717, 1.165) is 21.2 Å². The van der Waals surface area contributed by atoms with Crippen molar-refractivity contribution in [2.75, 3.05) is 13.2 Å². The van der Waals surface area contributed by atoms with Gasteiger partial charge in [0.05, 0.1) is 17.0 Å². The third kappa shape index (κ3) is 2.97. The molecule has 0 spiro atoms. The molecule has 0 radical (unpaired) electrons. The molecular weight excluding hydrogens is 422 g/mol. The molecule has 4 rings (SSSR count). The molecule has 2 heterocycles. The maximum absolute atomic E-state index is 13.4. The fourth-order valence-electron chi connectivity index (χ4n) is 3.94. The number of hydrogen-bond donors (Lipinski definition) is 1. The van der Waals surface area contributed by atoms with Gasteiger partial charge in [-0.15, -0.1) is 0 Å². The number of nitrogens with zero attached hydrogens (tertiary/aromatic N) is 1. The number of halogens is 1. The summed E-state index contributed by atoms with van der Waals surface area (Å²) in [6.45, 7) is 4.12. The number of rotatable bonds is 4. The predicted molar refractivity (Wildman–Crippen MR) is 111 cm³/mol. The highest BCUT2D eigenvalue weighted by atomic mass is 79.9. The Bertz CT molecular complexity index is 1130. The van der Waals surface area contributed by atoms with E-state index in [9.17, 15) is 14.7 Å². The van der Waals surface area contributed by atoms with E-state index in [-0.39, 0.29) is 23.7 Å². The zero-order valence-electron chi connectivity index (χ0n) is 15.7. The Morgan fingerprint density at radius 1 is 1.14 bits per heavy atom. The summed E-state index contributed by atoms with van der Waals surface area (Å²) >= 11 is 3.42. The van der Waals surface area contributed by atoms with Gasteiger partial charge >= 0.3 is 0 Å². The van der Waals surface area contributed by atoms with Crippen molar-refractivity contribution in [1.29, 1.82) is 0 Å². The van der Waals surface area contributed by atoms with Gasteiger partial charge in [0.15, 0.2) is 5.43 Å². The Morgan fingerprint density at radius 3 is 2.54 bits per heavy atom. The number of carbonyl (C=O) groups excluding carboxylic acids is 1. The lowest BCUT2D eigenvalue weighted by atomic mass is 9.97. The van der Waals surface area contributed by atoms with Crippen LogP contribution in [-0.2, 0) is 0 Å². The minimum atomic E-state index is -0.524. The van der Waals surface area contributed by atoms with Crippen LogP contribution in [0.25, 0.3) is 11.0 Å². The van der Waals surface area contributed by atoms with E-state index in [0.29, 0.717) is 29.5 Å². The zero-order valence-corrected chi connectivity index (χ0v) is 17.2. The molecule has 2 aromatic carbocycles. The van der Waals surface area contributed by atoms with E-state index in [1.165, 1.54) is 0 Å². The third-order valence-corrected chi connectivity index (χ3v) is 5.67. The van der Waals surface area contributed by atoms with Gasteiger partial charge in [-0.05, 0) is 55.2 Å². The highest BCUT2D eigenvalue weighted by molar-refractivity contribution is 9.10. The van der Waals surface area contributed by atoms with Crippen LogP contribution in [0.3, 0.4) is 0 Å². The fourth-order valence-corrected chi connectivity index (χ4v) is 4.20. The molecule has 0 unspecified atom stereocenters. The highest BCUT2D eigenvalue weighted by Crippen LogP contribution is 2.39. The van der Waals surface area contributed by atoms with Gasteiger partial charge in [-0.2, -0.15) is 0 Å². The second kappa shape index (κ2) is 7.18. The van der Waals surface area contributed by atoms with Crippen LogP contribution in [0, 0.1) is 13.8 Å². The number of fused-ring (bicyclic) bond motifs is 2. The smallest absolute Gasteiger partial charge is 0.290 e. The van der Waals surface area contributed by atoms with Gasteiger partial charge < -0.3 is 14.4 Å². The Hall–Kier alpha value is -2.44. The van der Waals surface area contributed by atoms with E-state index in [1.54, 1.807) is 4.90 Å². The lowest BCUT2D eigenvalue weighted by Crippen LogP contribution is -2.31. The minimum absolute atomic E-state index is 0.0329. The Kier molecular flexibility index (Phi) is 4.85. The topological polar surface area (TPSA) is 70.8 Å². The quantitative estimate of drug-likeness (QED) is 0.661. The summed E-state index contributed by atoms with van der Waals surface area (Å²) in [5, 5.41) is 9.77. The summed E-state index contributed by atoms with van der Waals surface area (Å²) in [5.41, 5.74) is 3.31. The van der Waals surface area contributed by atoms with Gasteiger partial charge in [0.1, 0.15) is 5.58 Å². The maximum Gasteiger partial charge on any atom is 0.290 e. The number of carbonyl (C=O) groups is 1. The number of aliphatic hydroxyl groups excluding tert-OH is 1. The summed E-state index contributed by atoms with van der Waals surface area (Å²) in [4.78, 5) is 28.2. The van der Waals surface area contributed by atoms with Crippen LogP contribution in [0.1, 0.15) is 45.3 Å². The number of aliphatic hydroxyl groups is 1. The Labute approximate surface area is 170 Å². The highest BCUT2D eigenvalue weighted by Gasteiger charge is 2.42. The molecule has 1 aliphatic rings. The molecule has 1 aliphatic heterocycles. The summed E-state index contributed by atoms with van der Waals surface area (Å²) < 4.78 is 6.92. The lowest BCUT2D eigenvalue weighted by Gasteiger charge is -2.24. The maximum atomic E-state index is 13.4. The second-order valence-corrected chi connectivity index (χ2v) is 8.08. The molecule has 1 amide bonds. The molecule has 1 aromatic heterocycles. The van der Waals surface area contributed by atoms with Crippen molar-refractivity contribution in [2.45, 2.75) is 26.3 Å². The average Bonchev–Trinajstić information content (AvgIpc) is 2.94. The molecule has 0 saturated carbocycles. The van der Waals surface area contributed by atoms with Gasteiger partial charge in [-0.3, -0.25) is 9.59 Å². The minimum Gasteiger partial charge on any atom is -0.450 e.